The molecule has 1 heterocycles. The number of cyclic esters (lactones) is 1. The average Bonchev–Trinajstić information content (AvgIpc) is 2.88. The summed E-state index contributed by atoms with van der Waals surface area (Å²) < 4.78 is 34.0. The molecule has 0 unspecified atom stereocenters. The zero-order valence-electron chi connectivity index (χ0n) is 12.7. The van der Waals surface area contributed by atoms with E-state index in [4.69, 9.17) is 4.74 Å². The van der Waals surface area contributed by atoms with E-state index in [1.807, 2.05) is 31.2 Å². The molecule has 0 aliphatic carbocycles. The average molecular weight is 329 g/mol. The van der Waals surface area contributed by atoms with Gasteiger partial charge < -0.3 is 9.47 Å². The van der Waals surface area contributed by atoms with E-state index in [-0.39, 0.29) is 17.3 Å². The van der Waals surface area contributed by atoms with Crippen molar-refractivity contribution in [3.8, 4) is 5.75 Å². The molecule has 0 saturated heterocycles. The van der Waals surface area contributed by atoms with Gasteiger partial charge >= 0.3 is 12.6 Å². The zero-order chi connectivity index (χ0) is 17.1. The molecule has 0 fully saturated rings. The third-order valence-corrected chi connectivity index (χ3v) is 3.27. The smallest absolute Gasteiger partial charge is 0.387 e. The number of alkyl halides is 2. The molecule has 24 heavy (non-hydrogen) atoms. The maximum absolute atomic E-state index is 12.3. The lowest BCUT2D eigenvalue weighted by Crippen LogP contribution is -2.07. The van der Waals surface area contributed by atoms with Crippen LogP contribution < -0.4 is 4.74 Å². The summed E-state index contributed by atoms with van der Waals surface area (Å²) in [6.07, 6.45) is 1.61. The number of halogens is 2. The Kier molecular flexibility index (Phi) is 4.37. The Balaban J connectivity index is 1.89. The van der Waals surface area contributed by atoms with Crippen LogP contribution >= 0.6 is 0 Å². The first-order valence-corrected chi connectivity index (χ1v) is 7.16. The fourth-order valence-corrected chi connectivity index (χ4v) is 2.26. The molecule has 0 N–H and O–H groups in total. The molecule has 1 aliphatic heterocycles. The first-order chi connectivity index (χ1) is 11.5. The van der Waals surface area contributed by atoms with Crippen molar-refractivity contribution in [2.24, 2.45) is 4.99 Å². The molecule has 6 heteroatoms. The number of nitrogens with zero attached hydrogens (tertiary/aromatic N) is 1. The maximum atomic E-state index is 12.3. The van der Waals surface area contributed by atoms with Crippen molar-refractivity contribution in [1.29, 1.82) is 0 Å². The van der Waals surface area contributed by atoms with Crippen molar-refractivity contribution in [2.75, 3.05) is 0 Å². The predicted molar refractivity (Wildman–Crippen MR) is 84.9 cm³/mol. The highest BCUT2D eigenvalue weighted by atomic mass is 19.3. The van der Waals surface area contributed by atoms with E-state index in [2.05, 4.69) is 9.73 Å². The van der Waals surface area contributed by atoms with Gasteiger partial charge in [0.1, 0.15) is 5.75 Å². The Bertz CT molecular complexity index is 844. The monoisotopic (exact) mass is 329 g/mol. The van der Waals surface area contributed by atoms with Crippen LogP contribution in [0.1, 0.15) is 16.7 Å². The molecule has 4 nitrogen and oxygen atoms in total. The van der Waals surface area contributed by atoms with Crippen LogP contribution in [0.4, 0.5) is 8.78 Å². The normalized spacial score (nSPS) is 15.6. The second kappa shape index (κ2) is 6.62. The largest absolute Gasteiger partial charge is 0.435 e. The molecule has 0 atom stereocenters. The summed E-state index contributed by atoms with van der Waals surface area (Å²) in [4.78, 5) is 16.1. The second-order valence-electron chi connectivity index (χ2n) is 5.16. The molecular formula is C18H13F2NO3. The first kappa shape index (κ1) is 15.9. The van der Waals surface area contributed by atoms with E-state index in [9.17, 15) is 13.6 Å². The van der Waals surface area contributed by atoms with Crippen LogP contribution in [-0.2, 0) is 9.53 Å². The summed E-state index contributed by atoms with van der Waals surface area (Å²) >= 11 is 0. The summed E-state index contributed by atoms with van der Waals surface area (Å²) in [7, 11) is 0. The minimum absolute atomic E-state index is 0.0302. The van der Waals surface area contributed by atoms with Crippen LogP contribution in [0.3, 0.4) is 0 Å². The van der Waals surface area contributed by atoms with Crippen LogP contribution in [0, 0.1) is 6.92 Å². The van der Waals surface area contributed by atoms with Gasteiger partial charge in [0.15, 0.2) is 5.70 Å². The van der Waals surface area contributed by atoms with Gasteiger partial charge in [0.25, 0.3) is 0 Å². The van der Waals surface area contributed by atoms with Crippen molar-refractivity contribution in [2.45, 2.75) is 13.5 Å². The van der Waals surface area contributed by atoms with Gasteiger partial charge in [0, 0.05) is 5.56 Å². The summed E-state index contributed by atoms with van der Waals surface area (Å²) in [5, 5.41) is 0. The van der Waals surface area contributed by atoms with Crippen LogP contribution in [0.2, 0.25) is 0 Å². The fraction of sp³-hybridized carbons (Fsp3) is 0.111. The number of carbonyl (C=O) groups excluding carboxylic acids is 1. The van der Waals surface area contributed by atoms with Crippen molar-refractivity contribution < 1.29 is 23.0 Å². The number of aliphatic imine (C=N–C) groups is 1. The van der Waals surface area contributed by atoms with E-state index in [0.717, 1.165) is 11.1 Å². The summed E-state index contributed by atoms with van der Waals surface area (Å²) in [5.74, 6) is -0.567. The highest BCUT2D eigenvalue weighted by molar-refractivity contribution is 6.12. The van der Waals surface area contributed by atoms with E-state index in [1.54, 1.807) is 12.1 Å². The van der Waals surface area contributed by atoms with E-state index >= 15 is 0 Å². The highest BCUT2D eigenvalue weighted by Crippen LogP contribution is 2.22. The summed E-state index contributed by atoms with van der Waals surface area (Å²) in [5.41, 5.74) is 2.41. The standard InChI is InChI=1S/C18H13F2NO3/c1-11-4-2-5-12(8-11)9-15-17(22)24-16(21-15)13-6-3-7-14(10-13)23-18(19)20/h2-10,18H,1H3/b15-9+. The van der Waals surface area contributed by atoms with Crippen LogP contribution in [-0.4, -0.2) is 18.5 Å². The lowest BCUT2D eigenvalue weighted by molar-refractivity contribution is -0.129. The lowest BCUT2D eigenvalue weighted by Gasteiger charge is -2.05. The third kappa shape index (κ3) is 3.65. The lowest BCUT2D eigenvalue weighted by atomic mass is 10.1. The van der Waals surface area contributed by atoms with Gasteiger partial charge in [0.2, 0.25) is 5.90 Å². The van der Waals surface area contributed by atoms with Crippen LogP contribution in [0.5, 0.6) is 5.75 Å². The van der Waals surface area contributed by atoms with Gasteiger partial charge in [-0.05, 0) is 36.8 Å². The molecule has 2 aromatic carbocycles. The molecular weight excluding hydrogens is 316 g/mol. The van der Waals surface area contributed by atoms with Gasteiger partial charge in [-0.25, -0.2) is 9.79 Å². The number of esters is 1. The van der Waals surface area contributed by atoms with Crippen molar-refractivity contribution >= 4 is 17.9 Å². The van der Waals surface area contributed by atoms with Crippen molar-refractivity contribution in [3.63, 3.8) is 0 Å². The molecule has 0 spiro atoms. The van der Waals surface area contributed by atoms with Gasteiger partial charge in [-0.3, -0.25) is 0 Å². The van der Waals surface area contributed by atoms with Crippen molar-refractivity contribution in [3.05, 3.63) is 70.9 Å². The molecule has 0 radical (unpaired) electrons. The Hall–Kier alpha value is -3.02. The van der Waals surface area contributed by atoms with Crippen LogP contribution in [0.15, 0.2) is 59.2 Å². The first-order valence-electron chi connectivity index (χ1n) is 7.16. The minimum Gasteiger partial charge on any atom is -0.435 e. The van der Waals surface area contributed by atoms with Gasteiger partial charge in [-0.15, -0.1) is 0 Å². The summed E-state index contributed by atoms with van der Waals surface area (Å²) in [6.45, 7) is -0.983. The van der Waals surface area contributed by atoms with Crippen LogP contribution in [0.25, 0.3) is 6.08 Å². The van der Waals surface area contributed by atoms with E-state index in [0.29, 0.717) is 5.56 Å². The number of hydrogen-bond acceptors (Lipinski definition) is 4. The number of ether oxygens (including phenoxy) is 2. The Labute approximate surface area is 137 Å². The highest BCUT2D eigenvalue weighted by Gasteiger charge is 2.24. The van der Waals surface area contributed by atoms with Gasteiger partial charge in [-0.1, -0.05) is 35.9 Å². The maximum Gasteiger partial charge on any atom is 0.387 e. The molecule has 0 saturated carbocycles. The van der Waals surface area contributed by atoms with Gasteiger partial charge in [-0.2, -0.15) is 8.78 Å². The Morgan fingerprint density at radius 1 is 1.17 bits per heavy atom. The Morgan fingerprint density at radius 2 is 1.96 bits per heavy atom. The SMILES string of the molecule is Cc1cccc(/C=C2/N=C(c3cccc(OC(F)F)c3)OC2=O)c1. The number of hydrogen-bond donors (Lipinski definition) is 0. The quantitative estimate of drug-likeness (QED) is 0.630. The molecule has 122 valence electrons. The number of aryl methyl sites for hydroxylation is 1. The topological polar surface area (TPSA) is 47.9 Å². The van der Waals surface area contributed by atoms with E-state index < -0.39 is 12.6 Å². The Morgan fingerprint density at radius 3 is 2.71 bits per heavy atom. The number of carbonyl (C=O) groups is 1. The molecule has 2 aromatic rings. The number of rotatable bonds is 4. The molecule has 3 rings (SSSR count). The molecule has 0 aromatic heterocycles. The molecule has 0 amide bonds. The fourth-order valence-electron chi connectivity index (χ4n) is 2.26. The minimum atomic E-state index is -2.93. The molecule has 1 aliphatic rings. The van der Waals surface area contributed by atoms with E-state index in [1.165, 1.54) is 18.2 Å². The van der Waals surface area contributed by atoms with Crippen molar-refractivity contribution in [1.82, 2.24) is 0 Å². The second-order valence-corrected chi connectivity index (χ2v) is 5.16. The third-order valence-electron chi connectivity index (χ3n) is 3.27. The number of benzene rings is 2. The molecule has 0 bridgehead atoms. The van der Waals surface area contributed by atoms with Gasteiger partial charge in [0.05, 0.1) is 0 Å². The zero-order valence-corrected chi connectivity index (χ0v) is 12.7. The summed E-state index contributed by atoms with van der Waals surface area (Å²) in [6, 6.07) is 13.4. The predicted octanol–water partition coefficient (Wildman–Crippen LogP) is 3.94.